The minimum absolute atomic E-state index is 0.158. The van der Waals surface area contributed by atoms with Crippen LogP contribution in [0.25, 0.3) is 11.3 Å². The molecule has 0 saturated heterocycles. The number of halogens is 2. The van der Waals surface area contributed by atoms with Crippen molar-refractivity contribution < 1.29 is 4.79 Å². The molecule has 1 aliphatic rings. The minimum atomic E-state index is 0.158. The van der Waals surface area contributed by atoms with E-state index in [1.54, 1.807) is 6.07 Å². The van der Waals surface area contributed by atoms with Crippen LogP contribution in [0.2, 0.25) is 10.0 Å². The molecule has 27 heavy (non-hydrogen) atoms. The fraction of sp³-hybridized carbons (Fsp3) is 0.273. The maximum absolute atomic E-state index is 12.4. The van der Waals surface area contributed by atoms with Crippen molar-refractivity contribution in [3.05, 3.63) is 75.7 Å². The van der Waals surface area contributed by atoms with E-state index < -0.39 is 0 Å². The molecular weight excluding hydrogens is 379 g/mol. The molecule has 2 heterocycles. The first-order valence-electron chi connectivity index (χ1n) is 9.20. The molecule has 3 aromatic rings. The van der Waals surface area contributed by atoms with Crippen molar-refractivity contribution in [2.24, 2.45) is 0 Å². The van der Waals surface area contributed by atoms with Gasteiger partial charge in [-0.1, -0.05) is 53.5 Å². The Morgan fingerprint density at radius 3 is 2.85 bits per heavy atom. The van der Waals surface area contributed by atoms with Crippen LogP contribution in [0.5, 0.6) is 0 Å². The summed E-state index contributed by atoms with van der Waals surface area (Å²) in [7, 11) is 0. The van der Waals surface area contributed by atoms with Crippen molar-refractivity contribution in [3.8, 4) is 11.3 Å². The van der Waals surface area contributed by atoms with Gasteiger partial charge in [0.1, 0.15) is 11.6 Å². The summed E-state index contributed by atoms with van der Waals surface area (Å²) in [5, 5.41) is 0.962. The minimum Gasteiger partial charge on any atom is -0.334 e. The van der Waals surface area contributed by atoms with Gasteiger partial charge in [-0.25, -0.2) is 4.98 Å². The number of hydrogen-bond donors (Lipinski definition) is 0. The summed E-state index contributed by atoms with van der Waals surface area (Å²) < 4.78 is 2.24. The maximum atomic E-state index is 12.4. The third kappa shape index (κ3) is 4.10. The Morgan fingerprint density at radius 2 is 2.00 bits per heavy atom. The van der Waals surface area contributed by atoms with Crippen molar-refractivity contribution in [2.75, 3.05) is 0 Å². The lowest BCUT2D eigenvalue weighted by Crippen LogP contribution is -2.05. The third-order valence-corrected chi connectivity index (χ3v) is 5.85. The number of ketones is 1. The molecule has 0 bridgehead atoms. The molecule has 0 saturated carbocycles. The molecule has 4 rings (SSSR count). The van der Waals surface area contributed by atoms with Gasteiger partial charge in [0.2, 0.25) is 0 Å². The number of nitrogens with zero attached hydrogens (tertiary/aromatic N) is 2. The van der Waals surface area contributed by atoms with Crippen LogP contribution in [0.1, 0.15) is 29.8 Å². The predicted octanol–water partition coefficient (Wildman–Crippen LogP) is 5.55. The van der Waals surface area contributed by atoms with Crippen molar-refractivity contribution in [1.82, 2.24) is 9.55 Å². The van der Waals surface area contributed by atoms with E-state index in [1.807, 2.05) is 18.2 Å². The van der Waals surface area contributed by atoms with E-state index in [1.165, 1.54) is 12.2 Å². The van der Waals surface area contributed by atoms with Gasteiger partial charge in [0, 0.05) is 37.6 Å². The Balaban J connectivity index is 1.41. The molecule has 0 N–H and O–H groups in total. The van der Waals surface area contributed by atoms with E-state index in [9.17, 15) is 4.79 Å². The molecule has 1 aromatic heterocycles. The van der Waals surface area contributed by atoms with Gasteiger partial charge in [-0.15, -0.1) is 0 Å². The summed E-state index contributed by atoms with van der Waals surface area (Å²) >= 11 is 12.2. The second kappa shape index (κ2) is 7.87. The van der Waals surface area contributed by atoms with Crippen molar-refractivity contribution in [3.63, 3.8) is 0 Å². The first-order valence-corrected chi connectivity index (χ1v) is 9.96. The lowest BCUT2D eigenvalue weighted by atomic mass is 10.0. The zero-order chi connectivity index (χ0) is 18.8. The number of hydrogen-bond acceptors (Lipinski definition) is 2. The SMILES string of the molecule is O=C(CCc1cccc(-c2cn3c(n2)CCC3)c1)Cc1cccc(Cl)c1Cl. The Labute approximate surface area is 169 Å². The summed E-state index contributed by atoms with van der Waals surface area (Å²) in [5.41, 5.74) is 4.06. The molecule has 0 aliphatic carbocycles. The van der Waals surface area contributed by atoms with E-state index in [0.29, 0.717) is 29.3 Å². The van der Waals surface area contributed by atoms with Crippen LogP contribution < -0.4 is 0 Å². The Hall–Kier alpha value is -2.10. The molecule has 2 aromatic carbocycles. The smallest absolute Gasteiger partial charge is 0.137 e. The zero-order valence-corrected chi connectivity index (χ0v) is 16.4. The molecular formula is C22H20Cl2N2O. The highest BCUT2D eigenvalue weighted by atomic mass is 35.5. The van der Waals surface area contributed by atoms with E-state index in [0.717, 1.165) is 35.3 Å². The lowest BCUT2D eigenvalue weighted by Gasteiger charge is -2.06. The molecule has 5 heteroatoms. The molecule has 0 atom stereocenters. The number of Topliss-reactive ketones (excluding diaryl/α,β-unsaturated/α-hetero) is 1. The van der Waals surface area contributed by atoms with Gasteiger partial charge in [0.05, 0.1) is 15.7 Å². The summed E-state index contributed by atoms with van der Waals surface area (Å²) in [4.78, 5) is 17.1. The highest BCUT2D eigenvalue weighted by Gasteiger charge is 2.15. The molecule has 3 nitrogen and oxygen atoms in total. The normalized spacial score (nSPS) is 13.0. The fourth-order valence-corrected chi connectivity index (χ4v) is 3.94. The monoisotopic (exact) mass is 398 g/mol. The van der Waals surface area contributed by atoms with Crippen LogP contribution in [-0.4, -0.2) is 15.3 Å². The van der Waals surface area contributed by atoms with Gasteiger partial charge in [0.15, 0.2) is 0 Å². The molecule has 0 radical (unpaired) electrons. The number of imidazole rings is 1. The molecule has 138 valence electrons. The highest BCUT2D eigenvalue weighted by molar-refractivity contribution is 6.42. The van der Waals surface area contributed by atoms with Gasteiger partial charge < -0.3 is 4.57 Å². The molecule has 0 spiro atoms. The van der Waals surface area contributed by atoms with Gasteiger partial charge in [-0.05, 0) is 36.1 Å². The highest BCUT2D eigenvalue weighted by Crippen LogP contribution is 2.27. The average molecular weight is 399 g/mol. The number of aromatic nitrogens is 2. The van der Waals surface area contributed by atoms with E-state index in [4.69, 9.17) is 28.2 Å². The predicted molar refractivity (Wildman–Crippen MR) is 109 cm³/mol. The summed E-state index contributed by atoms with van der Waals surface area (Å²) in [6, 6.07) is 13.7. The molecule has 0 amide bonds. The number of rotatable bonds is 6. The van der Waals surface area contributed by atoms with Crippen LogP contribution in [-0.2, 0) is 30.6 Å². The molecule has 0 unspecified atom stereocenters. The van der Waals surface area contributed by atoms with E-state index in [-0.39, 0.29) is 5.78 Å². The van der Waals surface area contributed by atoms with Gasteiger partial charge in [0.25, 0.3) is 0 Å². The number of carbonyl (C=O) groups excluding carboxylic acids is 1. The molecule has 1 aliphatic heterocycles. The largest absolute Gasteiger partial charge is 0.334 e. The number of aryl methyl sites for hydroxylation is 3. The topological polar surface area (TPSA) is 34.9 Å². The average Bonchev–Trinajstić information content (AvgIpc) is 3.26. The Kier molecular flexibility index (Phi) is 5.33. The van der Waals surface area contributed by atoms with E-state index >= 15 is 0 Å². The van der Waals surface area contributed by atoms with Crippen molar-refractivity contribution in [1.29, 1.82) is 0 Å². The van der Waals surface area contributed by atoms with Crippen molar-refractivity contribution >= 4 is 29.0 Å². The van der Waals surface area contributed by atoms with Crippen LogP contribution in [0.4, 0.5) is 0 Å². The van der Waals surface area contributed by atoms with Gasteiger partial charge >= 0.3 is 0 Å². The van der Waals surface area contributed by atoms with Crippen LogP contribution in [0.15, 0.2) is 48.7 Å². The molecule has 0 fully saturated rings. The third-order valence-electron chi connectivity index (χ3n) is 4.99. The Morgan fingerprint density at radius 1 is 1.15 bits per heavy atom. The second-order valence-corrected chi connectivity index (χ2v) is 7.75. The zero-order valence-electron chi connectivity index (χ0n) is 14.9. The maximum Gasteiger partial charge on any atom is 0.137 e. The second-order valence-electron chi connectivity index (χ2n) is 6.97. The summed E-state index contributed by atoms with van der Waals surface area (Å²) in [6.45, 7) is 1.06. The summed E-state index contributed by atoms with van der Waals surface area (Å²) in [5.74, 6) is 1.33. The van der Waals surface area contributed by atoms with Gasteiger partial charge in [-0.3, -0.25) is 4.79 Å². The lowest BCUT2D eigenvalue weighted by molar-refractivity contribution is -0.118. The summed E-state index contributed by atoms with van der Waals surface area (Å²) in [6.07, 6.45) is 5.87. The quantitative estimate of drug-likeness (QED) is 0.545. The number of fused-ring (bicyclic) bond motifs is 1. The van der Waals surface area contributed by atoms with E-state index in [2.05, 4.69) is 29.0 Å². The Bertz CT molecular complexity index is 972. The first-order chi connectivity index (χ1) is 13.1. The van der Waals surface area contributed by atoms with Crippen LogP contribution in [0.3, 0.4) is 0 Å². The van der Waals surface area contributed by atoms with Crippen LogP contribution >= 0.6 is 23.2 Å². The number of carbonyl (C=O) groups is 1. The van der Waals surface area contributed by atoms with Crippen molar-refractivity contribution in [2.45, 2.75) is 38.6 Å². The van der Waals surface area contributed by atoms with Gasteiger partial charge in [-0.2, -0.15) is 0 Å². The fourth-order valence-electron chi connectivity index (χ4n) is 3.55. The number of benzene rings is 2. The first kappa shape index (κ1) is 18.3. The standard InChI is InChI=1S/C22H20Cl2N2O/c23-19-7-2-6-17(22(19)24)13-18(27)10-9-15-4-1-5-16(12-15)20-14-26-11-3-8-21(26)25-20/h1-2,4-7,12,14H,3,8-11,13H2. The van der Waals surface area contributed by atoms with Crippen LogP contribution in [0, 0.1) is 0 Å².